The van der Waals surface area contributed by atoms with Gasteiger partial charge in [0.2, 0.25) is 0 Å². The van der Waals surface area contributed by atoms with Crippen LogP contribution in [0.4, 0.5) is 0 Å². The van der Waals surface area contributed by atoms with Crippen LogP contribution in [0.25, 0.3) is 11.0 Å². The molecule has 0 aliphatic carbocycles. The lowest BCUT2D eigenvalue weighted by atomic mass is 9.87. The summed E-state index contributed by atoms with van der Waals surface area (Å²) in [6.45, 7) is 6.82. The van der Waals surface area contributed by atoms with Crippen LogP contribution in [0.3, 0.4) is 0 Å². The molecule has 0 fully saturated rings. The maximum absolute atomic E-state index is 10.4. The van der Waals surface area contributed by atoms with Crippen molar-refractivity contribution in [2.75, 3.05) is 6.61 Å². The van der Waals surface area contributed by atoms with Crippen molar-refractivity contribution in [2.24, 2.45) is 0 Å². The molecule has 0 bridgehead atoms. The van der Waals surface area contributed by atoms with Crippen LogP contribution in [0.15, 0.2) is 48.5 Å². The number of rotatable bonds is 6. The van der Waals surface area contributed by atoms with Gasteiger partial charge >= 0.3 is 0 Å². The van der Waals surface area contributed by atoms with Crippen molar-refractivity contribution in [3.63, 3.8) is 0 Å². The number of imidazole rings is 1. The van der Waals surface area contributed by atoms with Gasteiger partial charge in [-0.2, -0.15) is 0 Å². The fourth-order valence-corrected chi connectivity index (χ4v) is 2.96. The minimum absolute atomic E-state index is 0.0984. The molecule has 1 atom stereocenters. The van der Waals surface area contributed by atoms with Crippen molar-refractivity contribution in [1.82, 2.24) is 9.55 Å². The summed E-state index contributed by atoms with van der Waals surface area (Å²) in [4.78, 5) is 4.40. The van der Waals surface area contributed by atoms with Gasteiger partial charge in [0.1, 0.15) is 30.9 Å². The quantitative estimate of drug-likeness (QED) is 0.713. The van der Waals surface area contributed by atoms with E-state index < -0.39 is 6.10 Å². The van der Waals surface area contributed by atoms with Crippen LogP contribution in [0, 0.1) is 0 Å². The Morgan fingerprint density at radius 3 is 2.42 bits per heavy atom. The lowest BCUT2D eigenvalue weighted by Crippen LogP contribution is -2.24. The highest BCUT2D eigenvalue weighted by Crippen LogP contribution is 2.24. The molecule has 0 aliphatic heterocycles. The number of hydrogen-bond acceptors (Lipinski definition) is 4. The largest absolute Gasteiger partial charge is 0.491 e. The lowest BCUT2D eigenvalue weighted by Gasteiger charge is -2.19. The summed E-state index contributed by atoms with van der Waals surface area (Å²) in [5, 5.41) is 19.9. The second-order valence-electron chi connectivity index (χ2n) is 7.52. The van der Waals surface area contributed by atoms with Gasteiger partial charge in [-0.1, -0.05) is 45.0 Å². The SMILES string of the molecule is CC(C)(C)c1ccc(OC[C@H](O)Cn2c(CO)nc3ccccc32)cc1. The van der Waals surface area contributed by atoms with E-state index in [0.717, 1.165) is 16.8 Å². The molecule has 1 heterocycles. The second kappa shape index (κ2) is 7.48. The predicted octanol–water partition coefficient (Wildman–Crippen LogP) is 3.27. The second-order valence-corrected chi connectivity index (χ2v) is 7.52. The van der Waals surface area contributed by atoms with Gasteiger partial charge in [0, 0.05) is 0 Å². The number of hydrogen-bond donors (Lipinski definition) is 2. The summed E-state index contributed by atoms with van der Waals surface area (Å²) in [5.74, 6) is 1.27. The van der Waals surface area contributed by atoms with E-state index in [4.69, 9.17) is 4.74 Å². The molecule has 0 spiro atoms. The maximum atomic E-state index is 10.4. The number of aromatic nitrogens is 2. The number of aliphatic hydroxyl groups is 2. The molecule has 0 aliphatic rings. The highest BCUT2D eigenvalue weighted by molar-refractivity contribution is 5.75. The molecule has 2 N–H and O–H groups in total. The number of nitrogens with zero attached hydrogens (tertiary/aromatic N) is 2. The normalized spacial score (nSPS) is 13.1. The molecule has 0 unspecified atom stereocenters. The topological polar surface area (TPSA) is 67.5 Å². The van der Waals surface area contributed by atoms with Crippen molar-refractivity contribution in [2.45, 2.75) is 45.4 Å². The van der Waals surface area contributed by atoms with Crippen LogP contribution < -0.4 is 4.74 Å². The van der Waals surface area contributed by atoms with Crippen molar-refractivity contribution < 1.29 is 14.9 Å². The molecule has 0 radical (unpaired) electrons. The maximum Gasteiger partial charge on any atom is 0.135 e. The Hall–Kier alpha value is -2.37. The Morgan fingerprint density at radius 2 is 1.77 bits per heavy atom. The van der Waals surface area contributed by atoms with E-state index in [1.807, 2.05) is 41.0 Å². The smallest absolute Gasteiger partial charge is 0.135 e. The van der Waals surface area contributed by atoms with Crippen LogP contribution in [-0.2, 0) is 18.6 Å². The van der Waals surface area contributed by atoms with Crippen LogP contribution in [-0.4, -0.2) is 32.5 Å². The first-order valence-electron chi connectivity index (χ1n) is 8.85. The molecule has 3 aromatic rings. The van der Waals surface area contributed by atoms with Gasteiger partial charge in [0.05, 0.1) is 17.6 Å². The highest BCUT2D eigenvalue weighted by Gasteiger charge is 2.15. The van der Waals surface area contributed by atoms with Gasteiger partial charge in [-0.05, 0) is 35.2 Å². The van der Waals surface area contributed by atoms with Gasteiger partial charge in [-0.3, -0.25) is 0 Å². The van der Waals surface area contributed by atoms with Crippen LogP contribution in [0.5, 0.6) is 5.75 Å². The zero-order valence-corrected chi connectivity index (χ0v) is 15.5. The first kappa shape index (κ1) is 18.4. The summed E-state index contributed by atoms with van der Waals surface area (Å²) in [7, 11) is 0. The Kier molecular flexibility index (Phi) is 5.30. The fraction of sp³-hybridized carbons (Fsp3) is 0.381. The Labute approximate surface area is 153 Å². The van der Waals surface area contributed by atoms with Crippen LogP contribution >= 0.6 is 0 Å². The Bertz CT molecular complexity index is 863. The molecule has 5 heteroatoms. The van der Waals surface area contributed by atoms with Crippen LogP contribution in [0.1, 0.15) is 32.2 Å². The summed E-state index contributed by atoms with van der Waals surface area (Å²) in [6, 6.07) is 15.6. The Morgan fingerprint density at radius 1 is 1.08 bits per heavy atom. The molecule has 26 heavy (non-hydrogen) atoms. The van der Waals surface area contributed by atoms with Gasteiger partial charge in [-0.25, -0.2) is 4.98 Å². The Balaban J connectivity index is 1.65. The first-order valence-corrected chi connectivity index (χ1v) is 8.85. The molecule has 0 amide bonds. The predicted molar refractivity (Wildman–Crippen MR) is 102 cm³/mol. The number of ether oxygens (including phenoxy) is 1. The van der Waals surface area contributed by atoms with Crippen molar-refractivity contribution >= 4 is 11.0 Å². The van der Waals surface area contributed by atoms with E-state index in [0.29, 0.717) is 12.4 Å². The lowest BCUT2D eigenvalue weighted by molar-refractivity contribution is 0.0914. The average Bonchev–Trinajstić information content (AvgIpc) is 2.97. The zero-order valence-electron chi connectivity index (χ0n) is 15.5. The number of fused-ring (bicyclic) bond motifs is 1. The van der Waals surface area contributed by atoms with Gasteiger partial charge in [0.15, 0.2) is 0 Å². The minimum atomic E-state index is -0.708. The van der Waals surface area contributed by atoms with Gasteiger partial charge in [0.25, 0.3) is 0 Å². The zero-order chi connectivity index (χ0) is 18.7. The molecule has 3 rings (SSSR count). The number of aliphatic hydroxyl groups excluding tert-OH is 2. The first-order chi connectivity index (χ1) is 12.4. The summed E-state index contributed by atoms with van der Waals surface area (Å²) in [6.07, 6.45) is -0.708. The molecule has 138 valence electrons. The molecule has 2 aromatic carbocycles. The third-order valence-electron chi connectivity index (χ3n) is 4.43. The average molecular weight is 354 g/mol. The number of para-hydroxylation sites is 2. The molecular weight excluding hydrogens is 328 g/mol. The summed E-state index contributed by atoms with van der Waals surface area (Å²) < 4.78 is 7.56. The van der Waals surface area contributed by atoms with Crippen molar-refractivity contribution in [1.29, 1.82) is 0 Å². The molecule has 5 nitrogen and oxygen atoms in total. The monoisotopic (exact) mass is 354 g/mol. The van der Waals surface area contributed by atoms with E-state index in [1.165, 1.54) is 5.56 Å². The third kappa shape index (κ3) is 4.06. The van der Waals surface area contributed by atoms with E-state index in [9.17, 15) is 10.2 Å². The molecule has 0 saturated carbocycles. The fourth-order valence-electron chi connectivity index (χ4n) is 2.96. The van der Waals surface area contributed by atoms with Crippen LogP contribution in [0.2, 0.25) is 0 Å². The highest BCUT2D eigenvalue weighted by atomic mass is 16.5. The summed E-state index contributed by atoms with van der Waals surface area (Å²) >= 11 is 0. The van der Waals surface area contributed by atoms with Gasteiger partial charge in [-0.15, -0.1) is 0 Å². The molecular formula is C21H26N2O3. The van der Waals surface area contributed by atoms with Gasteiger partial charge < -0.3 is 19.5 Å². The summed E-state index contributed by atoms with van der Waals surface area (Å²) in [5.41, 5.74) is 3.04. The van der Waals surface area contributed by atoms with Crippen molar-refractivity contribution in [3.05, 3.63) is 59.9 Å². The van der Waals surface area contributed by atoms with E-state index in [1.54, 1.807) is 0 Å². The standard InChI is InChI=1S/C21H26N2O3/c1-21(2,3)15-8-10-17(11-9-15)26-14-16(25)12-23-19-7-5-4-6-18(19)22-20(23)13-24/h4-11,16,24-25H,12-14H2,1-3H3/t16-/m1/s1. The molecule has 1 aromatic heterocycles. The van der Waals surface area contributed by atoms with E-state index in [2.05, 4.69) is 37.9 Å². The number of benzene rings is 2. The molecule has 0 saturated heterocycles. The van der Waals surface area contributed by atoms with Crippen molar-refractivity contribution in [3.8, 4) is 5.75 Å². The minimum Gasteiger partial charge on any atom is -0.491 e. The third-order valence-corrected chi connectivity index (χ3v) is 4.43. The van der Waals surface area contributed by atoms with E-state index in [-0.39, 0.29) is 18.6 Å². The van der Waals surface area contributed by atoms with E-state index >= 15 is 0 Å².